The van der Waals surface area contributed by atoms with E-state index < -0.39 is 0 Å². The SMILES string of the molecule is NC1CCC(Oc2ccc(F)cc2)C1. The molecule has 1 aliphatic rings. The Kier molecular flexibility index (Phi) is 2.68. The molecule has 0 spiro atoms. The molecule has 0 saturated heterocycles. The van der Waals surface area contributed by atoms with Gasteiger partial charge in [0.2, 0.25) is 0 Å². The third-order valence-electron chi connectivity index (χ3n) is 2.54. The molecule has 0 aliphatic heterocycles. The summed E-state index contributed by atoms with van der Waals surface area (Å²) in [6.07, 6.45) is 3.12. The van der Waals surface area contributed by atoms with E-state index in [2.05, 4.69) is 0 Å². The van der Waals surface area contributed by atoms with Gasteiger partial charge in [-0.25, -0.2) is 4.39 Å². The van der Waals surface area contributed by atoms with Crippen molar-refractivity contribution in [1.82, 2.24) is 0 Å². The Bertz CT molecular complexity index is 299. The molecule has 0 bridgehead atoms. The van der Waals surface area contributed by atoms with Crippen molar-refractivity contribution < 1.29 is 9.13 Å². The van der Waals surface area contributed by atoms with Crippen LogP contribution in [0.1, 0.15) is 19.3 Å². The van der Waals surface area contributed by atoms with Gasteiger partial charge in [0.05, 0.1) is 0 Å². The lowest BCUT2D eigenvalue weighted by molar-refractivity contribution is 0.208. The molecular weight excluding hydrogens is 181 g/mol. The molecule has 2 unspecified atom stereocenters. The van der Waals surface area contributed by atoms with Gasteiger partial charge in [-0.15, -0.1) is 0 Å². The van der Waals surface area contributed by atoms with Gasteiger partial charge in [0.15, 0.2) is 0 Å². The third kappa shape index (κ3) is 2.23. The molecule has 1 saturated carbocycles. The fourth-order valence-corrected chi connectivity index (χ4v) is 1.79. The fourth-order valence-electron chi connectivity index (χ4n) is 1.79. The molecule has 2 rings (SSSR count). The molecule has 2 N–H and O–H groups in total. The minimum Gasteiger partial charge on any atom is -0.490 e. The highest BCUT2D eigenvalue weighted by Gasteiger charge is 2.22. The highest BCUT2D eigenvalue weighted by molar-refractivity contribution is 5.22. The number of nitrogens with two attached hydrogens (primary N) is 1. The lowest BCUT2D eigenvalue weighted by Crippen LogP contribution is -2.19. The fraction of sp³-hybridized carbons (Fsp3) is 0.455. The normalized spacial score (nSPS) is 26.4. The second kappa shape index (κ2) is 3.96. The molecule has 76 valence electrons. The molecule has 1 aromatic rings. The Hall–Kier alpha value is -1.09. The molecular formula is C11H14FNO. The summed E-state index contributed by atoms with van der Waals surface area (Å²) in [7, 11) is 0. The zero-order chi connectivity index (χ0) is 9.97. The molecule has 0 heterocycles. The molecule has 1 aromatic carbocycles. The second-order valence-electron chi connectivity index (χ2n) is 3.77. The van der Waals surface area contributed by atoms with Crippen molar-refractivity contribution in [1.29, 1.82) is 0 Å². The Morgan fingerprint density at radius 3 is 2.50 bits per heavy atom. The summed E-state index contributed by atoms with van der Waals surface area (Å²) in [6, 6.07) is 6.38. The molecule has 3 heteroatoms. The Labute approximate surface area is 82.9 Å². The largest absolute Gasteiger partial charge is 0.490 e. The van der Waals surface area contributed by atoms with Gasteiger partial charge in [-0.1, -0.05) is 0 Å². The van der Waals surface area contributed by atoms with Crippen LogP contribution < -0.4 is 10.5 Å². The summed E-state index contributed by atoms with van der Waals surface area (Å²) in [6.45, 7) is 0. The van der Waals surface area contributed by atoms with Crippen molar-refractivity contribution in [2.45, 2.75) is 31.4 Å². The first-order valence-electron chi connectivity index (χ1n) is 4.92. The predicted octanol–water partition coefficient (Wildman–Crippen LogP) is 2.08. The maximum Gasteiger partial charge on any atom is 0.123 e. The van der Waals surface area contributed by atoms with Crippen molar-refractivity contribution in [3.63, 3.8) is 0 Å². The van der Waals surface area contributed by atoms with Gasteiger partial charge in [-0.3, -0.25) is 0 Å². The van der Waals surface area contributed by atoms with Crippen LogP contribution in [0.25, 0.3) is 0 Å². The molecule has 2 atom stereocenters. The van der Waals surface area contributed by atoms with Crippen LogP contribution in [-0.2, 0) is 0 Å². The molecule has 2 nitrogen and oxygen atoms in total. The van der Waals surface area contributed by atoms with E-state index in [0.717, 1.165) is 25.0 Å². The van der Waals surface area contributed by atoms with E-state index >= 15 is 0 Å². The van der Waals surface area contributed by atoms with E-state index in [1.165, 1.54) is 12.1 Å². The molecule has 0 aromatic heterocycles. The average Bonchev–Trinajstić information content (AvgIpc) is 2.56. The molecule has 1 aliphatic carbocycles. The summed E-state index contributed by atoms with van der Waals surface area (Å²) in [4.78, 5) is 0. The van der Waals surface area contributed by atoms with Crippen LogP contribution >= 0.6 is 0 Å². The van der Waals surface area contributed by atoms with Crippen LogP contribution in [0, 0.1) is 5.82 Å². The van der Waals surface area contributed by atoms with Crippen molar-refractivity contribution in [2.75, 3.05) is 0 Å². The Morgan fingerprint density at radius 2 is 1.93 bits per heavy atom. The van der Waals surface area contributed by atoms with E-state index in [-0.39, 0.29) is 18.0 Å². The number of benzene rings is 1. The van der Waals surface area contributed by atoms with Crippen molar-refractivity contribution >= 4 is 0 Å². The number of hydrogen-bond acceptors (Lipinski definition) is 2. The molecule has 0 amide bonds. The first-order valence-corrected chi connectivity index (χ1v) is 4.92. The zero-order valence-electron chi connectivity index (χ0n) is 7.95. The minimum absolute atomic E-state index is 0.204. The number of ether oxygens (including phenoxy) is 1. The van der Waals surface area contributed by atoms with Crippen LogP contribution in [-0.4, -0.2) is 12.1 Å². The molecule has 0 radical (unpaired) electrons. The van der Waals surface area contributed by atoms with E-state index in [4.69, 9.17) is 10.5 Å². The van der Waals surface area contributed by atoms with Gasteiger partial charge in [0.25, 0.3) is 0 Å². The lowest BCUT2D eigenvalue weighted by atomic mass is 10.2. The summed E-state index contributed by atoms with van der Waals surface area (Å²) in [5.74, 6) is 0.492. The van der Waals surface area contributed by atoms with Gasteiger partial charge in [-0.05, 0) is 43.5 Å². The van der Waals surface area contributed by atoms with Gasteiger partial charge in [0.1, 0.15) is 17.7 Å². The maximum absolute atomic E-state index is 12.6. The number of hydrogen-bond donors (Lipinski definition) is 1. The first kappa shape index (κ1) is 9.46. The van der Waals surface area contributed by atoms with Gasteiger partial charge >= 0.3 is 0 Å². The van der Waals surface area contributed by atoms with Crippen molar-refractivity contribution in [3.8, 4) is 5.75 Å². The van der Waals surface area contributed by atoms with Gasteiger partial charge < -0.3 is 10.5 Å². The summed E-state index contributed by atoms with van der Waals surface area (Å²) < 4.78 is 18.2. The van der Waals surface area contributed by atoms with E-state index in [9.17, 15) is 4.39 Å². The first-order chi connectivity index (χ1) is 6.74. The summed E-state index contributed by atoms with van der Waals surface area (Å²) >= 11 is 0. The zero-order valence-corrected chi connectivity index (χ0v) is 7.95. The highest BCUT2D eigenvalue weighted by Crippen LogP contribution is 2.23. The molecule has 14 heavy (non-hydrogen) atoms. The van der Waals surface area contributed by atoms with Gasteiger partial charge in [0, 0.05) is 6.04 Å². The van der Waals surface area contributed by atoms with Crippen molar-refractivity contribution in [2.24, 2.45) is 5.73 Å². The average molecular weight is 195 g/mol. The topological polar surface area (TPSA) is 35.2 Å². The van der Waals surface area contributed by atoms with Crippen molar-refractivity contribution in [3.05, 3.63) is 30.1 Å². The lowest BCUT2D eigenvalue weighted by Gasteiger charge is -2.12. The second-order valence-corrected chi connectivity index (χ2v) is 3.77. The van der Waals surface area contributed by atoms with Crippen LogP contribution in [0.15, 0.2) is 24.3 Å². The smallest absolute Gasteiger partial charge is 0.123 e. The van der Waals surface area contributed by atoms with Crippen LogP contribution in [0.2, 0.25) is 0 Å². The third-order valence-corrected chi connectivity index (χ3v) is 2.54. The quantitative estimate of drug-likeness (QED) is 0.784. The van der Waals surface area contributed by atoms with Crippen LogP contribution in [0.4, 0.5) is 4.39 Å². The maximum atomic E-state index is 12.6. The van der Waals surface area contributed by atoms with Gasteiger partial charge in [-0.2, -0.15) is 0 Å². The standard InChI is InChI=1S/C11H14FNO/c12-8-1-4-10(5-2-8)14-11-6-3-9(13)7-11/h1-2,4-5,9,11H,3,6-7,13H2. The minimum atomic E-state index is -0.236. The predicted molar refractivity (Wildman–Crippen MR) is 52.6 cm³/mol. The highest BCUT2D eigenvalue weighted by atomic mass is 19.1. The van der Waals surface area contributed by atoms with Crippen LogP contribution in [0.3, 0.4) is 0 Å². The van der Waals surface area contributed by atoms with E-state index in [0.29, 0.717) is 0 Å². The number of halogens is 1. The van der Waals surface area contributed by atoms with E-state index in [1.807, 2.05) is 0 Å². The number of rotatable bonds is 2. The Balaban J connectivity index is 1.94. The molecule has 1 fully saturated rings. The summed E-state index contributed by atoms with van der Waals surface area (Å²) in [5, 5.41) is 0. The Morgan fingerprint density at radius 1 is 1.21 bits per heavy atom. The van der Waals surface area contributed by atoms with Crippen LogP contribution in [0.5, 0.6) is 5.75 Å². The summed E-state index contributed by atoms with van der Waals surface area (Å²) in [5.41, 5.74) is 5.76. The van der Waals surface area contributed by atoms with E-state index in [1.54, 1.807) is 12.1 Å². The monoisotopic (exact) mass is 195 g/mol.